The van der Waals surface area contributed by atoms with Crippen molar-refractivity contribution in [3.63, 3.8) is 0 Å². The molecular weight excluding hydrogens is 310 g/mol. The van der Waals surface area contributed by atoms with Gasteiger partial charge in [-0.2, -0.15) is 0 Å². The summed E-state index contributed by atoms with van der Waals surface area (Å²) in [6, 6.07) is 4.90. The number of hydrogen-bond donors (Lipinski definition) is 1. The Balaban J connectivity index is 1.84. The second-order valence-corrected chi connectivity index (χ2v) is 5.94. The highest BCUT2D eigenvalue weighted by molar-refractivity contribution is 9.10. The molecule has 1 aromatic carbocycles. The molecule has 0 saturated carbocycles. The molecule has 5 nitrogen and oxygen atoms in total. The normalized spacial score (nSPS) is 19.8. The van der Waals surface area contributed by atoms with E-state index in [4.69, 9.17) is 0 Å². The third-order valence-electron chi connectivity index (χ3n) is 3.48. The standard InChI is InChI=1S/C13H18BrN3O2/c1-16-5-4-10(9-16)7-15-8-11-2-3-12(17(18)19)6-13(11)14/h2-3,6,10,15H,4-5,7-9H2,1H3. The van der Waals surface area contributed by atoms with E-state index in [1.165, 1.54) is 13.0 Å². The lowest BCUT2D eigenvalue weighted by atomic mass is 10.1. The van der Waals surface area contributed by atoms with E-state index >= 15 is 0 Å². The van der Waals surface area contributed by atoms with Crippen LogP contribution < -0.4 is 5.32 Å². The Hall–Kier alpha value is -0.980. The quantitative estimate of drug-likeness (QED) is 0.666. The van der Waals surface area contributed by atoms with Crippen molar-refractivity contribution in [1.29, 1.82) is 0 Å². The first-order valence-corrected chi connectivity index (χ1v) is 7.17. The first-order valence-electron chi connectivity index (χ1n) is 6.38. The van der Waals surface area contributed by atoms with E-state index in [0.29, 0.717) is 5.92 Å². The molecule has 1 aromatic rings. The van der Waals surface area contributed by atoms with Crippen LogP contribution in [-0.4, -0.2) is 36.5 Å². The van der Waals surface area contributed by atoms with Gasteiger partial charge in [0.2, 0.25) is 0 Å². The summed E-state index contributed by atoms with van der Waals surface area (Å²) in [5, 5.41) is 14.1. The van der Waals surface area contributed by atoms with Crippen molar-refractivity contribution >= 4 is 21.6 Å². The maximum absolute atomic E-state index is 10.6. The van der Waals surface area contributed by atoms with Gasteiger partial charge in [0.05, 0.1) is 4.92 Å². The fourth-order valence-electron chi connectivity index (χ4n) is 2.40. The maximum Gasteiger partial charge on any atom is 0.270 e. The van der Waals surface area contributed by atoms with Gasteiger partial charge in [0.15, 0.2) is 0 Å². The number of nitro benzene ring substituents is 1. The number of nitrogens with one attached hydrogen (secondary N) is 1. The minimum absolute atomic E-state index is 0.119. The summed E-state index contributed by atoms with van der Waals surface area (Å²) < 4.78 is 0.790. The Morgan fingerprint density at radius 3 is 2.95 bits per heavy atom. The van der Waals surface area contributed by atoms with E-state index in [1.807, 2.05) is 0 Å². The summed E-state index contributed by atoms with van der Waals surface area (Å²) >= 11 is 3.39. The maximum atomic E-state index is 10.6. The van der Waals surface area contributed by atoms with E-state index in [2.05, 4.69) is 33.2 Å². The average molecular weight is 328 g/mol. The highest BCUT2D eigenvalue weighted by atomic mass is 79.9. The number of non-ortho nitro benzene ring substituents is 1. The largest absolute Gasteiger partial charge is 0.312 e. The molecule has 1 fully saturated rings. The van der Waals surface area contributed by atoms with Crippen molar-refractivity contribution in [3.05, 3.63) is 38.3 Å². The van der Waals surface area contributed by atoms with Crippen LogP contribution in [0.2, 0.25) is 0 Å². The molecule has 1 heterocycles. The van der Waals surface area contributed by atoms with Gasteiger partial charge in [-0.1, -0.05) is 15.9 Å². The Morgan fingerprint density at radius 1 is 1.58 bits per heavy atom. The van der Waals surface area contributed by atoms with Gasteiger partial charge in [-0.05, 0) is 44.1 Å². The Morgan fingerprint density at radius 2 is 2.37 bits per heavy atom. The number of nitro groups is 1. The molecule has 104 valence electrons. The van der Waals surface area contributed by atoms with Crippen LogP contribution in [0.3, 0.4) is 0 Å². The van der Waals surface area contributed by atoms with Crippen LogP contribution in [0.5, 0.6) is 0 Å². The Labute approximate surface area is 121 Å². The summed E-state index contributed by atoms with van der Waals surface area (Å²) in [6.45, 7) is 4.05. The number of likely N-dealkylation sites (tertiary alicyclic amines) is 1. The molecule has 1 N–H and O–H groups in total. The number of halogens is 1. The zero-order chi connectivity index (χ0) is 13.8. The molecular formula is C13H18BrN3O2. The van der Waals surface area contributed by atoms with E-state index in [9.17, 15) is 10.1 Å². The van der Waals surface area contributed by atoms with Crippen molar-refractivity contribution < 1.29 is 4.92 Å². The number of nitrogens with zero attached hydrogens (tertiary/aromatic N) is 2. The molecule has 0 aromatic heterocycles. The van der Waals surface area contributed by atoms with Gasteiger partial charge in [0, 0.05) is 29.7 Å². The zero-order valence-electron chi connectivity index (χ0n) is 10.9. The minimum Gasteiger partial charge on any atom is -0.312 e. The fraction of sp³-hybridized carbons (Fsp3) is 0.538. The lowest BCUT2D eigenvalue weighted by molar-refractivity contribution is -0.384. The molecule has 6 heteroatoms. The predicted molar refractivity (Wildman–Crippen MR) is 78.1 cm³/mol. The van der Waals surface area contributed by atoms with Gasteiger partial charge >= 0.3 is 0 Å². The lowest BCUT2D eigenvalue weighted by Crippen LogP contribution is -2.24. The molecule has 0 aliphatic carbocycles. The molecule has 0 spiro atoms. The van der Waals surface area contributed by atoms with Crippen LogP contribution >= 0.6 is 15.9 Å². The van der Waals surface area contributed by atoms with Gasteiger partial charge in [-0.15, -0.1) is 0 Å². The third-order valence-corrected chi connectivity index (χ3v) is 4.22. The molecule has 2 rings (SSSR count). The molecule has 1 atom stereocenters. The highest BCUT2D eigenvalue weighted by Crippen LogP contribution is 2.23. The first kappa shape index (κ1) is 14.4. The number of hydrogen-bond acceptors (Lipinski definition) is 4. The summed E-state index contributed by atoms with van der Waals surface area (Å²) in [7, 11) is 2.15. The summed E-state index contributed by atoms with van der Waals surface area (Å²) in [5.74, 6) is 0.710. The SMILES string of the molecule is CN1CCC(CNCc2ccc([N+](=O)[O-])cc2Br)C1. The average Bonchev–Trinajstić information content (AvgIpc) is 2.77. The molecule has 0 bridgehead atoms. The van der Waals surface area contributed by atoms with Crippen molar-refractivity contribution in [2.75, 3.05) is 26.7 Å². The van der Waals surface area contributed by atoms with Gasteiger partial charge in [-0.25, -0.2) is 0 Å². The minimum atomic E-state index is -0.379. The van der Waals surface area contributed by atoms with E-state index in [1.54, 1.807) is 18.2 Å². The van der Waals surface area contributed by atoms with Crippen molar-refractivity contribution in [2.45, 2.75) is 13.0 Å². The van der Waals surface area contributed by atoms with E-state index in [0.717, 1.165) is 29.7 Å². The van der Waals surface area contributed by atoms with Crippen molar-refractivity contribution in [2.24, 2.45) is 5.92 Å². The Bertz CT molecular complexity index is 467. The summed E-state index contributed by atoms with van der Waals surface area (Å²) in [4.78, 5) is 12.6. The van der Waals surface area contributed by atoms with Crippen LogP contribution in [-0.2, 0) is 6.54 Å². The Kier molecular flexibility index (Phi) is 4.90. The third kappa shape index (κ3) is 3.99. The van der Waals surface area contributed by atoms with Gasteiger partial charge < -0.3 is 10.2 Å². The van der Waals surface area contributed by atoms with Gasteiger partial charge in [0.1, 0.15) is 0 Å². The highest BCUT2D eigenvalue weighted by Gasteiger charge is 2.18. The molecule has 1 unspecified atom stereocenters. The second kappa shape index (κ2) is 6.45. The fourth-order valence-corrected chi connectivity index (χ4v) is 2.90. The van der Waals surface area contributed by atoms with Crippen molar-refractivity contribution in [3.8, 4) is 0 Å². The molecule has 1 saturated heterocycles. The van der Waals surface area contributed by atoms with Crippen LogP contribution in [0.4, 0.5) is 5.69 Å². The second-order valence-electron chi connectivity index (χ2n) is 5.08. The number of rotatable bonds is 5. The summed E-state index contributed by atoms with van der Waals surface area (Å²) in [5.41, 5.74) is 1.17. The van der Waals surface area contributed by atoms with Gasteiger partial charge in [0.25, 0.3) is 5.69 Å². The molecule has 0 amide bonds. The van der Waals surface area contributed by atoms with Crippen LogP contribution in [0.1, 0.15) is 12.0 Å². The molecule has 19 heavy (non-hydrogen) atoms. The van der Waals surface area contributed by atoms with Crippen LogP contribution in [0.15, 0.2) is 22.7 Å². The van der Waals surface area contributed by atoms with E-state index in [-0.39, 0.29) is 10.6 Å². The van der Waals surface area contributed by atoms with Gasteiger partial charge in [-0.3, -0.25) is 10.1 Å². The van der Waals surface area contributed by atoms with E-state index < -0.39 is 0 Å². The molecule has 0 radical (unpaired) electrons. The lowest BCUT2D eigenvalue weighted by Gasteiger charge is -2.12. The van der Waals surface area contributed by atoms with Crippen molar-refractivity contribution in [1.82, 2.24) is 10.2 Å². The first-order chi connectivity index (χ1) is 9.06. The molecule has 1 aliphatic rings. The molecule has 1 aliphatic heterocycles. The number of benzene rings is 1. The van der Waals surface area contributed by atoms with Crippen LogP contribution in [0, 0.1) is 16.0 Å². The summed E-state index contributed by atoms with van der Waals surface area (Å²) in [6.07, 6.45) is 1.24. The topological polar surface area (TPSA) is 58.4 Å². The zero-order valence-corrected chi connectivity index (χ0v) is 12.5. The van der Waals surface area contributed by atoms with Crippen LogP contribution in [0.25, 0.3) is 0 Å². The monoisotopic (exact) mass is 327 g/mol. The smallest absolute Gasteiger partial charge is 0.270 e. The predicted octanol–water partition coefficient (Wildman–Crippen LogP) is 2.40.